The number of ether oxygens (including phenoxy) is 1. The van der Waals surface area contributed by atoms with Gasteiger partial charge in [0, 0.05) is 12.8 Å². The molecule has 0 aromatic carbocycles. The van der Waals surface area contributed by atoms with Crippen molar-refractivity contribution in [2.24, 2.45) is 0 Å². The maximum absolute atomic E-state index is 10.8. The molecule has 0 aliphatic rings. The maximum atomic E-state index is 10.8. The van der Waals surface area contributed by atoms with Crippen LogP contribution in [0.3, 0.4) is 0 Å². The molecular weight excluding hydrogens is 243 g/mol. The van der Waals surface area contributed by atoms with Gasteiger partial charge in [-0.3, -0.25) is 4.57 Å². The number of terminal acetylenes is 1. The zero-order valence-corrected chi connectivity index (χ0v) is 12.4. The maximum Gasteiger partial charge on any atom is 0.107 e. The molecule has 0 saturated carbocycles. The number of unbranched alkanes of at least 4 members (excludes halogenated alkanes) is 8. The van der Waals surface area contributed by atoms with E-state index in [-0.39, 0.29) is 0 Å². The number of hydrogen-bond donors (Lipinski definition) is 0. The van der Waals surface area contributed by atoms with Crippen LogP contribution in [-0.2, 0) is 9.30 Å². The van der Waals surface area contributed by atoms with E-state index in [1.807, 2.05) is 0 Å². The summed E-state index contributed by atoms with van der Waals surface area (Å²) < 4.78 is 16.0. The topological polar surface area (TPSA) is 26.3 Å². The van der Waals surface area contributed by atoms with Crippen molar-refractivity contribution in [3.8, 4) is 12.3 Å². The largest absolute Gasteiger partial charge is 0.369 e. The quantitative estimate of drug-likeness (QED) is 0.281. The second kappa shape index (κ2) is 14.6. The predicted octanol–water partition coefficient (Wildman–Crippen LogP) is 4.41. The van der Waals surface area contributed by atoms with Gasteiger partial charge in [-0.1, -0.05) is 50.9 Å². The average Bonchev–Trinajstić information content (AvgIpc) is 2.34. The Balaban J connectivity index is 2.97. The first-order valence-electron chi connectivity index (χ1n) is 7.03. The molecule has 0 aromatic heterocycles. The summed E-state index contributed by atoms with van der Waals surface area (Å²) in [5, 5.41) is 0. The van der Waals surface area contributed by atoms with Crippen LogP contribution in [0.2, 0.25) is 0 Å². The van der Waals surface area contributed by atoms with Crippen molar-refractivity contribution in [1.82, 2.24) is 0 Å². The molecule has 104 valence electrons. The van der Waals surface area contributed by atoms with Crippen LogP contribution in [0.25, 0.3) is 0 Å². The Kier molecular flexibility index (Phi) is 14.1. The summed E-state index contributed by atoms with van der Waals surface area (Å²) in [5.41, 5.74) is 0. The molecule has 2 nitrogen and oxygen atoms in total. The van der Waals surface area contributed by atoms with E-state index in [1.165, 1.54) is 44.9 Å². The fourth-order valence-corrected chi connectivity index (χ4v) is 2.44. The molecule has 0 N–H and O–H groups in total. The van der Waals surface area contributed by atoms with Crippen LogP contribution in [0.5, 0.6) is 0 Å². The SMILES string of the molecule is C#CCOCCCCCCCCCCCP(=C)=O. The first kappa shape index (κ1) is 17.5. The molecule has 18 heavy (non-hydrogen) atoms. The van der Waals surface area contributed by atoms with Gasteiger partial charge in [0.1, 0.15) is 6.61 Å². The zero-order valence-electron chi connectivity index (χ0n) is 11.5. The molecule has 0 bridgehead atoms. The van der Waals surface area contributed by atoms with Crippen molar-refractivity contribution in [3.63, 3.8) is 0 Å². The van der Waals surface area contributed by atoms with Crippen molar-refractivity contribution in [1.29, 1.82) is 0 Å². The highest BCUT2D eigenvalue weighted by Crippen LogP contribution is 2.12. The molecule has 0 rings (SSSR count). The van der Waals surface area contributed by atoms with Crippen LogP contribution in [-0.4, -0.2) is 25.7 Å². The Morgan fingerprint density at radius 1 is 0.944 bits per heavy atom. The Labute approximate surface area is 113 Å². The normalized spacial score (nSPS) is 11.2. The lowest BCUT2D eigenvalue weighted by molar-refractivity contribution is 0.162. The van der Waals surface area contributed by atoms with E-state index in [1.54, 1.807) is 0 Å². The third kappa shape index (κ3) is 15.5. The standard InChI is InChI=1S/C15H27O2P/c1-3-13-17-14-11-9-7-5-4-6-8-10-12-15-18(2)16/h1H,2,4-15H2. The van der Waals surface area contributed by atoms with Crippen LogP contribution in [0, 0.1) is 12.3 Å². The van der Waals surface area contributed by atoms with E-state index in [0.717, 1.165) is 25.6 Å². The Morgan fingerprint density at radius 2 is 1.44 bits per heavy atom. The van der Waals surface area contributed by atoms with E-state index < -0.39 is 7.42 Å². The summed E-state index contributed by atoms with van der Waals surface area (Å²) in [5.74, 6) is 2.47. The zero-order chi connectivity index (χ0) is 13.5. The lowest BCUT2D eigenvalue weighted by atomic mass is 10.1. The lowest BCUT2D eigenvalue weighted by Crippen LogP contribution is -1.94. The fraction of sp³-hybridized carbons (Fsp3) is 0.800. The summed E-state index contributed by atoms with van der Waals surface area (Å²) in [6.07, 6.45) is 20.6. The minimum absolute atomic E-state index is 0.443. The van der Waals surface area contributed by atoms with Gasteiger partial charge in [0.15, 0.2) is 0 Å². The second-order valence-electron chi connectivity index (χ2n) is 4.64. The van der Waals surface area contributed by atoms with Gasteiger partial charge < -0.3 is 4.74 Å². The van der Waals surface area contributed by atoms with Crippen molar-refractivity contribution in [3.05, 3.63) is 0 Å². The summed E-state index contributed by atoms with van der Waals surface area (Å²) in [4.78, 5) is 0. The first-order chi connectivity index (χ1) is 8.77. The third-order valence-electron chi connectivity index (χ3n) is 2.88. The average molecular weight is 270 g/mol. The Hall–Kier alpha value is -0.510. The molecule has 0 aromatic rings. The summed E-state index contributed by atoms with van der Waals surface area (Å²) in [6, 6.07) is 0. The highest BCUT2D eigenvalue weighted by Gasteiger charge is 1.93. The first-order valence-corrected chi connectivity index (χ1v) is 8.66. The van der Waals surface area contributed by atoms with Gasteiger partial charge in [0.05, 0.1) is 7.42 Å². The molecule has 0 aliphatic heterocycles. The Bertz CT molecular complexity index is 269. The smallest absolute Gasteiger partial charge is 0.107 e. The summed E-state index contributed by atoms with van der Waals surface area (Å²) in [6.45, 7) is 1.24. The number of rotatable bonds is 13. The highest BCUT2D eigenvalue weighted by atomic mass is 31.1. The highest BCUT2D eigenvalue weighted by molar-refractivity contribution is 7.43. The van der Waals surface area contributed by atoms with Crippen LogP contribution in [0.1, 0.15) is 57.8 Å². The molecule has 1 atom stereocenters. The molecule has 0 aliphatic carbocycles. The molecule has 0 radical (unpaired) electrons. The van der Waals surface area contributed by atoms with Gasteiger partial charge in [-0.25, -0.2) is 0 Å². The fourth-order valence-electron chi connectivity index (χ4n) is 1.86. The van der Waals surface area contributed by atoms with E-state index in [0.29, 0.717) is 6.61 Å². The third-order valence-corrected chi connectivity index (χ3v) is 3.70. The van der Waals surface area contributed by atoms with E-state index >= 15 is 0 Å². The van der Waals surface area contributed by atoms with Gasteiger partial charge in [-0.05, 0) is 19.1 Å². The van der Waals surface area contributed by atoms with Gasteiger partial charge in [-0.2, -0.15) is 0 Å². The molecule has 3 heteroatoms. The monoisotopic (exact) mass is 270 g/mol. The Morgan fingerprint density at radius 3 is 1.94 bits per heavy atom. The summed E-state index contributed by atoms with van der Waals surface area (Å²) >= 11 is 0. The van der Waals surface area contributed by atoms with Crippen molar-refractivity contribution >= 4 is 13.7 Å². The van der Waals surface area contributed by atoms with Crippen LogP contribution >= 0.6 is 7.42 Å². The molecule has 0 spiro atoms. The van der Waals surface area contributed by atoms with Crippen molar-refractivity contribution in [2.45, 2.75) is 57.8 Å². The van der Waals surface area contributed by atoms with Crippen LogP contribution in [0.15, 0.2) is 0 Å². The van der Waals surface area contributed by atoms with Gasteiger partial charge in [-0.15, -0.1) is 6.42 Å². The minimum Gasteiger partial charge on any atom is -0.369 e. The van der Waals surface area contributed by atoms with E-state index in [4.69, 9.17) is 11.2 Å². The van der Waals surface area contributed by atoms with E-state index in [2.05, 4.69) is 12.2 Å². The van der Waals surface area contributed by atoms with Crippen molar-refractivity contribution in [2.75, 3.05) is 19.4 Å². The van der Waals surface area contributed by atoms with E-state index in [9.17, 15) is 4.57 Å². The molecule has 0 heterocycles. The van der Waals surface area contributed by atoms with Gasteiger partial charge >= 0.3 is 0 Å². The second-order valence-corrected chi connectivity index (χ2v) is 6.05. The molecule has 0 saturated heterocycles. The van der Waals surface area contributed by atoms with Crippen molar-refractivity contribution < 1.29 is 9.30 Å². The predicted molar refractivity (Wildman–Crippen MR) is 80.8 cm³/mol. The summed E-state index contributed by atoms with van der Waals surface area (Å²) in [7, 11) is -1.16. The minimum atomic E-state index is -1.16. The number of hydrogen-bond acceptors (Lipinski definition) is 2. The van der Waals surface area contributed by atoms with Crippen LogP contribution in [0.4, 0.5) is 0 Å². The molecule has 1 unspecified atom stereocenters. The lowest BCUT2D eigenvalue weighted by Gasteiger charge is -2.02. The van der Waals surface area contributed by atoms with Crippen LogP contribution < -0.4 is 0 Å². The molecule has 0 fully saturated rings. The van der Waals surface area contributed by atoms with Gasteiger partial charge in [0.2, 0.25) is 0 Å². The molecular formula is C15H27O2P. The molecule has 0 amide bonds. The van der Waals surface area contributed by atoms with Gasteiger partial charge in [0.25, 0.3) is 0 Å².